The molecule has 1 heterocycles. The average molecular weight is 712 g/mol. The molecule has 3 aromatic rings. The Kier molecular flexibility index (Phi) is 12.3. The van der Waals surface area contributed by atoms with Crippen LogP contribution in [0.4, 0.5) is 4.79 Å². The number of hydrazone groups is 1. The van der Waals surface area contributed by atoms with E-state index in [1.54, 1.807) is 56.3 Å². The molecule has 0 spiro atoms. The lowest BCUT2D eigenvalue weighted by molar-refractivity contribution is -0.136. The highest BCUT2D eigenvalue weighted by Gasteiger charge is 2.32. The number of carbonyl (C=O) groups excluding carboxylic acids is 2. The Bertz CT molecular complexity index is 1670. The fourth-order valence-corrected chi connectivity index (χ4v) is 5.31. The number of urea groups is 1. The first kappa shape index (κ1) is 35.0. The third-order valence-electron chi connectivity index (χ3n) is 6.50. The van der Waals surface area contributed by atoms with Crippen LogP contribution in [-0.2, 0) is 16.1 Å². The molecule has 244 valence electrons. The van der Waals surface area contributed by atoms with Crippen molar-refractivity contribution in [2.45, 2.75) is 32.7 Å². The lowest BCUT2D eigenvalue weighted by atomic mass is 9.95. The summed E-state index contributed by atoms with van der Waals surface area (Å²) in [5.41, 5.74) is 4.98. The number of amides is 2. The molecule has 0 saturated heterocycles. The Morgan fingerprint density at radius 3 is 2.52 bits per heavy atom. The van der Waals surface area contributed by atoms with Crippen molar-refractivity contribution >= 4 is 64.6 Å². The summed E-state index contributed by atoms with van der Waals surface area (Å²) in [6.45, 7) is 3.64. The van der Waals surface area contributed by atoms with Crippen molar-refractivity contribution in [3.63, 3.8) is 0 Å². The molecule has 15 heteroatoms. The summed E-state index contributed by atoms with van der Waals surface area (Å²) < 4.78 is 22.4. The zero-order chi connectivity index (χ0) is 33.4. The van der Waals surface area contributed by atoms with Gasteiger partial charge in [-0.05, 0) is 61.4 Å². The van der Waals surface area contributed by atoms with E-state index in [0.717, 1.165) is 5.56 Å². The molecule has 3 aromatic carbocycles. The van der Waals surface area contributed by atoms with Gasteiger partial charge in [0.2, 0.25) is 0 Å². The highest BCUT2D eigenvalue weighted by molar-refractivity contribution is 6.42. The van der Waals surface area contributed by atoms with E-state index in [4.69, 9.17) is 65.4 Å². The number of halogens is 4. The van der Waals surface area contributed by atoms with Gasteiger partial charge in [-0.1, -0.05) is 58.5 Å². The smallest absolute Gasteiger partial charge is 0.337 e. The van der Waals surface area contributed by atoms with E-state index in [1.165, 1.54) is 19.4 Å². The highest BCUT2D eigenvalue weighted by atomic mass is 35.5. The fourth-order valence-electron chi connectivity index (χ4n) is 4.43. The number of hydrogen-bond donors (Lipinski definition) is 4. The number of aliphatic hydroxyl groups excluding tert-OH is 1. The number of methoxy groups -OCH3 is 1. The van der Waals surface area contributed by atoms with Crippen LogP contribution >= 0.6 is 46.4 Å². The maximum Gasteiger partial charge on any atom is 0.337 e. The number of rotatable bonds is 13. The minimum atomic E-state index is -1.24. The van der Waals surface area contributed by atoms with Gasteiger partial charge in [0.05, 0.1) is 46.6 Å². The van der Waals surface area contributed by atoms with Gasteiger partial charge in [0, 0.05) is 16.3 Å². The molecular weight excluding hydrogens is 682 g/mol. The summed E-state index contributed by atoms with van der Waals surface area (Å²) >= 11 is 24.7. The van der Waals surface area contributed by atoms with Gasteiger partial charge in [0.15, 0.2) is 17.7 Å². The summed E-state index contributed by atoms with van der Waals surface area (Å²) in [5.74, 6) is 0.381. The summed E-state index contributed by atoms with van der Waals surface area (Å²) in [6, 6.07) is 12.0. The van der Waals surface area contributed by atoms with Crippen LogP contribution in [0.5, 0.6) is 17.2 Å². The van der Waals surface area contributed by atoms with Crippen LogP contribution in [0.25, 0.3) is 0 Å². The molecule has 4 N–H and O–H groups in total. The molecule has 0 fully saturated rings. The van der Waals surface area contributed by atoms with Gasteiger partial charge in [0.25, 0.3) is 0 Å². The molecule has 0 aliphatic carbocycles. The van der Waals surface area contributed by atoms with E-state index in [2.05, 4.69) is 21.2 Å². The van der Waals surface area contributed by atoms with E-state index in [9.17, 15) is 14.7 Å². The second kappa shape index (κ2) is 16.1. The number of nitrogens with zero attached hydrogens (tertiary/aromatic N) is 1. The van der Waals surface area contributed by atoms with E-state index in [-0.39, 0.29) is 23.8 Å². The topological polar surface area (TPSA) is 140 Å². The van der Waals surface area contributed by atoms with Gasteiger partial charge in [-0.15, -0.1) is 0 Å². The molecule has 4 rings (SSSR count). The maximum atomic E-state index is 12.5. The predicted molar refractivity (Wildman–Crippen MR) is 176 cm³/mol. The summed E-state index contributed by atoms with van der Waals surface area (Å²) in [6.07, 6.45) is 0.161. The molecule has 2 atom stereocenters. The first-order valence-corrected chi connectivity index (χ1v) is 15.3. The maximum absolute atomic E-state index is 12.5. The number of nitrogens with one attached hydrogen (secondary N) is 3. The third kappa shape index (κ3) is 8.89. The minimum Gasteiger partial charge on any atom is -0.490 e. The molecule has 46 heavy (non-hydrogen) atoms. The molecule has 1 aliphatic rings. The number of hydrogen-bond acceptors (Lipinski definition) is 9. The number of benzene rings is 3. The van der Waals surface area contributed by atoms with E-state index < -0.39 is 24.3 Å². The molecule has 0 saturated carbocycles. The molecule has 0 radical (unpaired) electrons. The summed E-state index contributed by atoms with van der Waals surface area (Å²) in [5, 5.41) is 21.4. The number of aliphatic hydroxyl groups is 1. The van der Waals surface area contributed by atoms with Crippen LogP contribution in [0.1, 0.15) is 36.6 Å². The molecule has 0 aromatic heterocycles. The van der Waals surface area contributed by atoms with Crippen LogP contribution in [-0.4, -0.2) is 49.9 Å². The van der Waals surface area contributed by atoms with Crippen LogP contribution in [0, 0.1) is 0 Å². The van der Waals surface area contributed by atoms with Gasteiger partial charge < -0.3 is 34.7 Å². The second-order valence-corrected chi connectivity index (χ2v) is 11.4. The summed E-state index contributed by atoms with van der Waals surface area (Å²) in [7, 11) is 1.26. The van der Waals surface area contributed by atoms with Gasteiger partial charge in [-0.3, -0.25) is 5.43 Å². The predicted octanol–water partition coefficient (Wildman–Crippen LogP) is 6.40. The van der Waals surface area contributed by atoms with Crippen LogP contribution in [0.2, 0.25) is 20.1 Å². The SMILES string of the molecule is CCOc1cc([C@@H]2NC(=O)NC(C)=C2C(=O)OC)ccc1OC[C@H](O)N/N=C/c1cc(Cl)cc(Cl)c1OCc1ccc(Cl)c(Cl)c1. The van der Waals surface area contributed by atoms with Crippen molar-refractivity contribution in [3.05, 3.63) is 96.6 Å². The monoisotopic (exact) mass is 710 g/mol. The normalized spacial score (nSPS) is 15.2. The van der Waals surface area contributed by atoms with Crippen molar-refractivity contribution in [1.29, 1.82) is 0 Å². The molecular formula is C31H30Cl4N4O7. The van der Waals surface area contributed by atoms with Crippen molar-refractivity contribution in [1.82, 2.24) is 16.1 Å². The van der Waals surface area contributed by atoms with E-state index >= 15 is 0 Å². The van der Waals surface area contributed by atoms with Crippen molar-refractivity contribution in [2.24, 2.45) is 5.10 Å². The fraction of sp³-hybridized carbons (Fsp3) is 0.258. The second-order valence-electron chi connectivity index (χ2n) is 9.76. The Hall–Kier alpha value is -3.87. The Morgan fingerprint density at radius 2 is 1.80 bits per heavy atom. The third-order valence-corrected chi connectivity index (χ3v) is 7.74. The van der Waals surface area contributed by atoms with Gasteiger partial charge in [0.1, 0.15) is 19.0 Å². The molecule has 0 bridgehead atoms. The van der Waals surface area contributed by atoms with Crippen molar-refractivity contribution < 1.29 is 33.6 Å². The quantitative estimate of drug-likeness (QED) is 0.0692. The number of esters is 1. The molecule has 0 unspecified atom stereocenters. The van der Waals surface area contributed by atoms with Crippen molar-refractivity contribution in [2.75, 3.05) is 20.3 Å². The highest BCUT2D eigenvalue weighted by Crippen LogP contribution is 2.35. The lowest BCUT2D eigenvalue weighted by Gasteiger charge is -2.28. The molecule has 1 aliphatic heterocycles. The van der Waals surface area contributed by atoms with Crippen LogP contribution in [0.3, 0.4) is 0 Å². The minimum absolute atomic E-state index is 0.147. The summed E-state index contributed by atoms with van der Waals surface area (Å²) in [4.78, 5) is 24.6. The standard InChI is InChI=1S/C31H30Cl4N4O7/c1-4-44-25-11-18(28-27(30(41)43-3)16(2)37-31(42)38-28)6-8-24(25)45-15-26(40)39-36-13-19-10-20(32)12-23(35)29(19)46-14-17-5-7-21(33)22(34)9-17/h5-13,26,28,39-40H,4,14-15H2,1-3H3,(H2,37,38,42)/b36-13+/t26-,28-/m0/s1. The van der Waals surface area contributed by atoms with Crippen LogP contribution < -0.4 is 30.3 Å². The lowest BCUT2D eigenvalue weighted by Crippen LogP contribution is -2.45. The van der Waals surface area contributed by atoms with Crippen molar-refractivity contribution in [3.8, 4) is 17.2 Å². The number of ether oxygens (including phenoxy) is 4. The van der Waals surface area contributed by atoms with E-state index in [1.807, 2.05) is 0 Å². The number of carbonyl (C=O) groups is 2. The number of allylic oxidation sites excluding steroid dienone is 1. The zero-order valence-electron chi connectivity index (χ0n) is 24.8. The Morgan fingerprint density at radius 1 is 1.02 bits per heavy atom. The van der Waals surface area contributed by atoms with Gasteiger partial charge in [-0.2, -0.15) is 5.10 Å². The zero-order valence-corrected chi connectivity index (χ0v) is 27.9. The average Bonchev–Trinajstić information content (AvgIpc) is 3.01. The van der Waals surface area contributed by atoms with Crippen LogP contribution in [0.15, 0.2) is 64.9 Å². The first-order chi connectivity index (χ1) is 22.0. The Balaban J connectivity index is 1.43. The Labute approximate surface area is 285 Å². The largest absolute Gasteiger partial charge is 0.490 e. The van der Waals surface area contributed by atoms with Gasteiger partial charge in [-0.25, -0.2) is 9.59 Å². The first-order valence-electron chi connectivity index (χ1n) is 13.8. The van der Waals surface area contributed by atoms with E-state index in [0.29, 0.717) is 55.7 Å². The molecule has 2 amide bonds. The van der Waals surface area contributed by atoms with Gasteiger partial charge >= 0.3 is 12.0 Å². The molecule has 11 nitrogen and oxygen atoms in total.